The molecule has 0 aliphatic rings. The fourth-order valence-corrected chi connectivity index (χ4v) is 2.10. The van der Waals surface area contributed by atoms with E-state index in [0.29, 0.717) is 5.02 Å². The number of amides is 1. The molecule has 1 atom stereocenters. The minimum absolute atomic E-state index is 0.0865. The summed E-state index contributed by atoms with van der Waals surface area (Å²) in [5.41, 5.74) is -0.349. The molecule has 130 valence electrons. The Morgan fingerprint density at radius 1 is 1.28 bits per heavy atom. The van der Waals surface area contributed by atoms with Gasteiger partial charge in [-0.15, -0.1) is 0 Å². The fraction of sp³-hybridized carbons (Fsp3) is 0.133. The molecule has 0 unspecified atom stereocenters. The second-order valence-electron chi connectivity index (χ2n) is 4.82. The Balaban J connectivity index is 2.02. The number of hydrogen-bond acceptors (Lipinski definition) is 6. The van der Waals surface area contributed by atoms with Gasteiger partial charge in [0, 0.05) is 18.3 Å². The number of nitrogens with zero attached hydrogens (tertiary/aromatic N) is 2. The highest BCUT2D eigenvalue weighted by Crippen LogP contribution is 2.23. The number of non-ortho nitro benzene ring substituents is 1. The monoisotopic (exact) mass is 383 g/mol. The minimum Gasteiger partial charge on any atom is -0.449 e. The van der Waals surface area contributed by atoms with Crippen molar-refractivity contribution in [3.63, 3.8) is 0 Å². The summed E-state index contributed by atoms with van der Waals surface area (Å²) in [7, 11) is 0. The molecule has 0 radical (unpaired) electrons. The normalized spacial score (nSPS) is 11.5. The third-order valence-corrected chi connectivity index (χ3v) is 3.55. The first kappa shape index (κ1) is 18.6. The van der Waals surface area contributed by atoms with E-state index in [1.165, 1.54) is 25.3 Å². The molecule has 0 saturated heterocycles. The summed E-state index contributed by atoms with van der Waals surface area (Å²) in [5.74, 6) is -1.25. The van der Waals surface area contributed by atoms with Gasteiger partial charge in [0.05, 0.1) is 20.5 Å². The van der Waals surface area contributed by atoms with Crippen LogP contribution in [0.5, 0.6) is 0 Å². The molecule has 0 aliphatic heterocycles. The maximum Gasteiger partial charge on any atom is 0.340 e. The average Bonchev–Trinajstić information content (AvgIpc) is 2.56. The van der Waals surface area contributed by atoms with Gasteiger partial charge in [0.25, 0.3) is 11.6 Å². The Labute approximate surface area is 151 Å². The van der Waals surface area contributed by atoms with Crippen LogP contribution in [-0.4, -0.2) is 27.9 Å². The lowest BCUT2D eigenvalue weighted by Crippen LogP contribution is -2.30. The molecule has 2 rings (SSSR count). The molecule has 1 amide bonds. The van der Waals surface area contributed by atoms with Crippen LogP contribution < -0.4 is 5.32 Å². The van der Waals surface area contributed by atoms with Gasteiger partial charge in [0.2, 0.25) is 0 Å². The van der Waals surface area contributed by atoms with E-state index in [9.17, 15) is 19.7 Å². The number of aromatic nitrogens is 1. The third-order valence-electron chi connectivity index (χ3n) is 3.02. The Morgan fingerprint density at radius 3 is 2.56 bits per heavy atom. The van der Waals surface area contributed by atoms with Crippen molar-refractivity contribution in [3.05, 3.63) is 62.3 Å². The van der Waals surface area contributed by atoms with E-state index in [-0.39, 0.29) is 22.1 Å². The van der Waals surface area contributed by atoms with Crippen LogP contribution in [0.3, 0.4) is 0 Å². The number of benzene rings is 1. The molecule has 1 heterocycles. The highest BCUT2D eigenvalue weighted by Gasteiger charge is 2.22. The number of anilines is 1. The van der Waals surface area contributed by atoms with Gasteiger partial charge in [-0.3, -0.25) is 14.9 Å². The van der Waals surface area contributed by atoms with Crippen LogP contribution in [0.15, 0.2) is 36.5 Å². The molecule has 0 saturated carbocycles. The molecule has 0 bridgehead atoms. The van der Waals surface area contributed by atoms with Crippen molar-refractivity contribution in [2.45, 2.75) is 13.0 Å². The first-order valence-electron chi connectivity index (χ1n) is 6.85. The molecule has 10 heteroatoms. The van der Waals surface area contributed by atoms with E-state index in [4.69, 9.17) is 27.9 Å². The molecule has 0 aliphatic carbocycles. The number of rotatable bonds is 5. The number of esters is 1. The smallest absolute Gasteiger partial charge is 0.340 e. The van der Waals surface area contributed by atoms with Gasteiger partial charge in [-0.2, -0.15) is 0 Å². The number of pyridine rings is 1. The van der Waals surface area contributed by atoms with Crippen molar-refractivity contribution in [1.29, 1.82) is 0 Å². The van der Waals surface area contributed by atoms with Crippen LogP contribution in [-0.2, 0) is 9.53 Å². The first-order chi connectivity index (χ1) is 11.8. The van der Waals surface area contributed by atoms with E-state index in [1.54, 1.807) is 0 Å². The summed E-state index contributed by atoms with van der Waals surface area (Å²) in [5, 5.41) is 13.4. The third kappa shape index (κ3) is 4.88. The summed E-state index contributed by atoms with van der Waals surface area (Å²) in [4.78, 5) is 38.0. The van der Waals surface area contributed by atoms with E-state index in [1.807, 2.05) is 0 Å². The molecular weight excluding hydrogens is 373 g/mol. The average molecular weight is 384 g/mol. The highest BCUT2D eigenvalue weighted by molar-refractivity contribution is 6.33. The van der Waals surface area contributed by atoms with Crippen LogP contribution in [0, 0.1) is 10.1 Å². The molecule has 8 nitrogen and oxygen atoms in total. The molecule has 25 heavy (non-hydrogen) atoms. The first-order valence-corrected chi connectivity index (χ1v) is 7.61. The number of carbonyl (C=O) groups is 2. The Bertz CT molecular complexity index is 826. The molecule has 0 fully saturated rings. The lowest BCUT2D eigenvalue weighted by Gasteiger charge is -2.13. The van der Waals surface area contributed by atoms with Crippen LogP contribution >= 0.6 is 23.2 Å². The molecule has 1 aromatic heterocycles. The van der Waals surface area contributed by atoms with Crippen molar-refractivity contribution in [2.75, 3.05) is 5.32 Å². The van der Waals surface area contributed by atoms with Crippen LogP contribution in [0.25, 0.3) is 0 Å². The van der Waals surface area contributed by atoms with Crippen molar-refractivity contribution in [1.82, 2.24) is 4.98 Å². The lowest BCUT2D eigenvalue weighted by molar-refractivity contribution is -0.384. The van der Waals surface area contributed by atoms with Crippen molar-refractivity contribution < 1.29 is 19.2 Å². The number of halogens is 2. The zero-order valence-electron chi connectivity index (χ0n) is 12.7. The predicted octanol–water partition coefficient (Wildman–Crippen LogP) is 3.48. The summed E-state index contributed by atoms with van der Waals surface area (Å²) in [6.45, 7) is 1.36. The van der Waals surface area contributed by atoms with Gasteiger partial charge in [-0.25, -0.2) is 9.78 Å². The zero-order valence-corrected chi connectivity index (χ0v) is 14.2. The summed E-state index contributed by atoms with van der Waals surface area (Å²) < 4.78 is 5.02. The Morgan fingerprint density at radius 2 is 2.00 bits per heavy atom. The maximum absolute atomic E-state index is 12.1. The topological polar surface area (TPSA) is 111 Å². The van der Waals surface area contributed by atoms with Gasteiger partial charge in [0.15, 0.2) is 6.10 Å². The van der Waals surface area contributed by atoms with Crippen molar-refractivity contribution in [3.8, 4) is 0 Å². The number of hydrogen-bond donors (Lipinski definition) is 1. The molecule has 0 spiro atoms. The SMILES string of the molecule is C[C@H](OC(=O)c1ccc([N+](=O)[O-])cc1Cl)C(=O)Nc1ccc(Cl)cn1. The summed E-state index contributed by atoms with van der Waals surface area (Å²) in [6.07, 6.45) is 0.209. The quantitative estimate of drug-likeness (QED) is 0.480. The lowest BCUT2D eigenvalue weighted by atomic mass is 10.2. The number of ether oxygens (including phenoxy) is 1. The predicted molar refractivity (Wildman–Crippen MR) is 90.9 cm³/mol. The largest absolute Gasteiger partial charge is 0.449 e. The van der Waals surface area contributed by atoms with E-state index >= 15 is 0 Å². The van der Waals surface area contributed by atoms with Gasteiger partial charge >= 0.3 is 5.97 Å². The Hall–Kier alpha value is -2.71. The summed E-state index contributed by atoms with van der Waals surface area (Å²) in [6, 6.07) is 6.33. The van der Waals surface area contributed by atoms with E-state index < -0.39 is 22.9 Å². The van der Waals surface area contributed by atoms with Crippen molar-refractivity contribution in [2.24, 2.45) is 0 Å². The van der Waals surface area contributed by atoms with Gasteiger partial charge in [-0.05, 0) is 25.1 Å². The standard InChI is InChI=1S/C15H11Cl2N3O5/c1-8(14(21)19-13-5-2-9(16)7-18-13)25-15(22)11-4-3-10(20(23)24)6-12(11)17/h2-8H,1H3,(H,18,19,21)/t8-/m0/s1. The van der Waals surface area contributed by atoms with E-state index in [0.717, 1.165) is 18.2 Å². The van der Waals surface area contributed by atoms with Crippen LogP contribution in [0.4, 0.5) is 11.5 Å². The molecule has 2 aromatic rings. The fourth-order valence-electron chi connectivity index (χ4n) is 1.74. The van der Waals surface area contributed by atoms with Crippen LogP contribution in [0.1, 0.15) is 17.3 Å². The minimum atomic E-state index is -1.14. The number of nitrogens with one attached hydrogen (secondary N) is 1. The van der Waals surface area contributed by atoms with Crippen molar-refractivity contribution >= 4 is 46.6 Å². The number of nitro benzene ring substituents is 1. The van der Waals surface area contributed by atoms with Gasteiger partial charge in [0.1, 0.15) is 5.82 Å². The number of carbonyl (C=O) groups excluding carboxylic acids is 2. The molecular formula is C15H11Cl2N3O5. The molecule has 1 aromatic carbocycles. The second kappa shape index (κ2) is 7.91. The van der Waals surface area contributed by atoms with E-state index in [2.05, 4.69) is 10.3 Å². The van der Waals surface area contributed by atoms with Gasteiger partial charge in [-0.1, -0.05) is 23.2 Å². The highest BCUT2D eigenvalue weighted by atomic mass is 35.5. The summed E-state index contributed by atoms with van der Waals surface area (Å²) >= 11 is 11.5. The maximum atomic E-state index is 12.1. The van der Waals surface area contributed by atoms with Crippen LogP contribution in [0.2, 0.25) is 10.0 Å². The number of nitro groups is 1. The molecule has 1 N–H and O–H groups in total. The Kier molecular flexibility index (Phi) is 5.89. The van der Waals surface area contributed by atoms with Gasteiger partial charge < -0.3 is 10.1 Å². The second-order valence-corrected chi connectivity index (χ2v) is 5.66. The zero-order chi connectivity index (χ0) is 18.6.